The summed E-state index contributed by atoms with van der Waals surface area (Å²) in [6, 6.07) is 0. The molecule has 1 aliphatic heterocycles. The molecule has 0 aromatic carbocycles. The number of halogens is 13. The molecule has 0 amide bonds. The summed E-state index contributed by atoms with van der Waals surface area (Å²) in [6.07, 6.45) is -26.9. The number of hydrogen-bond acceptors (Lipinski definition) is 4. The van der Waals surface area contributed by atoms with Gasteiger partial charge in [-0.3, -0.25) is 0 Å². The molecule has 34 heavy (non-hydrogen) atoms. The van der Waals surface area contributed by atoms with Gasteiger partial charge in [-0.1, -0.05) is 25.8 Å². The van der Waals surface area contributed by atoms with Gasteiger partial charge < -0.3 is 14.6 Å². The molecule has 17 heteroatoms. The molecule has 2 rings (SSSR count). The van der Waals surface area contributed by atoms with Crippen LogP contribution in [0.4, 0.5) is 57.1 Å². The zero-order valence-corrected chi connectivity index (χ0v) is 16.5. The highest BCUT2D eigenvalue weighted by molar-refractivity contribution is 5.89. The van der Waals surface area contributed by atoms with E-state index < -0.39 is 78.2 Å². The van der Waals surface area contributed by atoms with E-state index in [1.807, 2.05) is 6.58 Å². The fraction of sp³-hybridized carbons (Fsp3) is 0.824. The first-order valence-electron chi connectivity index (χ1n) is 9.27. The number of rotatable bonds is 3. The van der Waals surface area contributed by atoms with Crippen molar-refractivity contribution in [2.24, 2.45) is 5.92 Å². The number of carbonyl (C=O) groups excluding carboxylic acids is 1. The first-order valence-corrected chi connectivity index (χ1v) is 9.27. The summed E-state index contributed by atoms with van der Waals surface area (Å²) < 4.78 is 186. The van der Waals surface area contributed by atoms with Crippen LogP contribution < -0.4 is 0 Å². The van der Waals surface area contributed by atoms with Crippen molar-refractivity contribution in [1.82, 2.24) is 0 Å². The second-order valence-electron chi connectivity index (χ2n) is 7.82. The van der Waals surface area contributed by atoms with Gasteiger partial charge in [0.2, 0.25) is 11.7 Å². The molecular formula is C17H15F13O4. The molecule has 2 fully saturated rings. The fourth-order valence-corrected chi connectivity index (χ4v) is 3.99. The van der Waals surface area contributed by atoms with Gasteiger partial charge in [0.1, 0.15) is 5.57 Å². The third kappa shape index (κ3) is 4.01. The highest BCUT2D eigenvalue weighted by atomic mass is 19.4. The molecular weight excluding hydrogens is 515 g/mol. The van der Waals surface area contributed by atoms with E-state index in [0.717, 1.165) is 0 Å². The largest absolute Gasteiger partial charge is 0.462 e. The van der Waals surface area contributed by atoms with Crippen molar-refractivity contribution < 1.29 is 76.5 Å². The van der Waals surface area contributed by atoms with Crippen LogP contribution in [0.3, 0.4) is 0 Å². The lowest BCUT2D eigenvalue weighted by Crippen LogP contribution is -2.85. The Hall–Kier alpha value is -1.78. The van der Waals surface area contributed by atoms with Gasteiger partial charge in [0.15, 0.2) is 0 Å². The van der Waals surface area contributed by atoms with E-state index in [2.05, 4.69) is 9.47 Å². The average molecular weight is 530 g/mol. The second-order valence-corrected chi connectivity index (χ2v) is 7.82. The van der Waals surface area contributed by atoms with Crippen LogP contribution in [0.2, 0.25) is 0 Å². The maximum absolute atomic E-state index is 15.3. The summed E-state index contributed by atoms with van der Waals surface area (Å²) in [7, 11) is 0. The molecule has 1 N–H and O–H groups in total. The molecule has 1 aliphatic carbocycles. The summed E-state index contributed by atoms with van der Waals surface area (Å²) in [6.45, 7) is 1.97. The summed E-state index contributed by atoms with van der Waals surface area (Å²) in [5.74, 6) is -25.2. The summed E-state index contributed by atoms with van der Waals surface area (Å²) in [5, 5.41) is 10.4. The Morgan fingerprint density at radius 2 is 1.38 bits per heavy atom. The van der Waals surface area contributed by atoms with Crippen LogP contribution in [0, 0.1) is 5.92 Å². The highest BCUT2D eigenvalue weighted by Gasteiger charge is 2.93. The minimum absolute atomic E-state index is 0.147. The van der Waals surface area contributed by atoms with Gasteiger partial charge in [0.05, 0.1) is 0 Å². The van der Waals surface area contributed by atoms with E-state index >= 15 is 8.78 Å². The second kappa shape index (κ2) is 8.13. The predicted octanol–water partition coefficient (Wildman–Crippen LogP) is 5.45. The number of aliphatic hydroxyl groups is 1. The zero-order chi connectivity index (χ0) is 26.8. The smallest absolute Gasteiger partial charge is 0.414 e. The number of esters is 1. The quantitative estimate of drug-likeness (QED) is 0.300. The maximum Gasteiger partial charge on any atom is 0.462 e. The molecule has 0 bridgehead atoms. The Morgan fingerprint density at radius 3 is 1.76 bits per heavy atom. The van der Waals surface area contributed by atoms with Crippen LogP contribution >= 0.6 is 0 Å². The van der Waals surface area contributed by atoms with Crippen LogP contribution in [0.1, 0.15) is 32.1 Å². The van der Waals surface area contributed by atoms with Crippen LogP contribution in [0.5, 0.6) is 0 Å². The van der Waals surface area contributed by atoms with Gasteiger partial charge in [0.25, 0.3) is 0 Å². The van der Waals surface area contributed by atoms with Crippen molar-refractivity contribution >= 4 is 5.97 Å². The lowest BCUT2D eigenvalue weighted by Gasteiger charge is -2.58. The SMILES string of the molecule is C=C(C(=O)OC1(C(F)(F)F)OC(C(F)(F)F)C(F)(F)C(O)(C2CCCCC2)C1(F)F)C(F)(F)F. The van der Waals surface area contributed by atoms with Crippen molar-refractivity contribution in [3.8, 4) is 0 Å². The highest BCUT2D eigenvalue weighted by Crippen LogP contribution is 2.65. The van der Waals surface area contributed by atoms with Gasteiger partial charge in [-0.15, -0.1) is 0 Å². The Labute approximate surface area is 181 Å². The number of ether oxygens (including phenoxy) is 2. The van der Waals surface area contributed by atoms with Gasteiger partial charge in [-0.2, -0.15) is 57.1 Å². The van der Waals surface area contributed by atoms with Crippen molar-refractivity contribution in [1.29, 1.82) is 0 Å². The normalized spacial score (nSPS) is 32.8. The molecule has 1 saturated carbocycles. The number of alkyl halides is 13. The molecule has 0 aromatic rings. The van der Waals surface area contributed by atoms with E-state index in [0.29, 0.717) is 0 Å². The van der Waals surface area contributed by atoms with E-state index in [9.17, 15) is 58.2 Å². The fourth-order valence-electron chi connectivity index (χ4n) is 3.99. The maximum atomic E-state index is 15.3. The number of carbonyl (C=O) groups is 1. The minimum Gasteiger partial charge on any atom is -0.414 e. The Kier molecular flexibility index (Phi) is 6.80. The van der Waals surface area contributed by atoms with Crippen LogP contribution in [-0.2, 0) is 14.3 Å². The predicted molar refractivity (Wildman–Crippen MR) is 82.4 cm³/mol. The van der Waals surface area contributed by atoms with E-state index in [1.54, 1.807) is 0 Å². The van der Waals surface area contributed by atoms with E-state index in [4.69, 9.17) is 0 Å². The molecule has 0 spiro atoms. The van der Waals surface area contributed by atoms with Crippen molar-refractivity contribution in [3.63, 3.8) is 0 Å². The Morgan fingerprint density at radius 1 is 0.912 bits per heavy atom. The van der Waals surface area contributed by atoms with Crippen LogP contribution in [0.25, 0.3) is 0 Å². The molecule has 198 valence electrons. The van der Waals surface area contributed by atoms with Crippen LogP contribution in [0.15, 0.2) is 12.2 Å². The summed E-state index contributed by atoms with van der Waals surface area (Å²) in [4.78, 5) is 11.6. The lowest BCUT2D eigenvalue weighted by molar-refractivity contribution is -0.537. The Bertz CT molecular complexity index is 810. The topological polar surface area (TPSA) is 55.8 Å². The molecule has 1 saturated heterocycles. The monoisotopic (exact) mass is 530 g/mol. The zero-order valence-electron chi connectivity index (χ0n) is 16.5. The third-order valence-electron chi connectivity index (χ3n) is 5.70. The molecule has 0 radical (unpaired) electrons. The third-order valence-corrected chi connectivity index (χ3v) is 5.70. The standard InChI is InChI=1S/C17H15F13O4/c1-7(13(20,21)22)9(31)33-16(17(28,29)30)15(26,27)11(32,8-5-3-2-4-6-8)12(18,19)10(34-16)14(23,24)25/h8,10,32H,1-6H2. The molecule has 1 heterocycles. The summed E-state index contributed by atoms with van der Waals surface area (Å²) in [5.41, 5.74) is -8.40. The molecule has 3 unspecified atom stereocenters. The van der Waals surface area contributed by atoms with Crippen LogP contribution in [-0.4, -0.2) is 58.9 Å². The molecule has 0 aromatic heterocycles. The number of hydrogen-bond donors (Lipinski definition) is 1. The van der Waals surface area contributed by atoms with Crippen molar-refractivity contribution in [3.05, 3.63) is 12.2 Å². The van der Waals surface area contributed by atoms with Gasteiger partial charge >= 0.3 is 42.1 Å². The molecule has 2 aliphatic rings. The molecule has 3 atom stereocenters. The van der Waals surface area contributed by atoms with Gasteiger partial charge in [-0.25, -0.2) is 4.79 Å². The van der Waals surface area contributed by atoms with E-state index in [-0.39, 0.29) is 19.3 Å². The lowest BCUT2D eigenvalue weighted by atomic mass is 9.65. The first kappa shape index (κ1) is 28.5. The molecule has 4 nitrogen and oxygen atoms in total. The van der Waals surface area contributed by atoms with Crippen molar-refractivity contribution in [2.45, 2.75) is 80.0 Å². The van der Waals surface area contributed by atoms with Crippen molar-refractivity contribution in [2.75, 3.05) is 0 Å². The van der Waals surface area contributed by atoms with Gasteiger partial charge in [-0.05, 0) is 12.8 Å². The Balaban J connectivity index is 2.86. The summed E-state index contributed by atoms with van der Waals surface area (Å²) >= 11 is 0. The minimum atomic E-state index is -7.05. The van der Waals surface area contributed by atoms with Gasteiger partial charge in [0, 0.05) is 5.92 Å². The first-order chi connectivity index (χ1) is 15.0. The van der Waals surface area contributed by atoms with E-state index in [1.165, 1.54) is 0 Å². The average Bonchev–Trinajstić information content (AvgIpc) is 2.66.